The summed E-state index contributed by atoms with van der Waals surface area (Å²) in [4.78, 5) is 11.5. The largest absolute Gasteiger partial charge is 0.466 e. The van der Waals surface area contributed by atoms with E-state index in [9.17, 15) is 23.8 Å². The molecule has 1 aromatic heterocycles. The molecule has 0 aliphatic rings. The highest BCUT2D eigenvalue weighted by atomic mass is 19.1. The molecule has 0 radical (unpaired) electrons. The average Bonchev–Trinajstić information content (AvgIpc) is 3.33. The Hall–Kier alpha value is -3.76. The van der Waals surface area contributed by atoms with E-state index in [0.29, 0.717) is 22.4 Å². The van der Waals surface area contributed by atoms with Crippen molar-refractivity contribution in [2.45, 2.75) is 32.0 Å². The third kappa shape index (κ3) is 6.87. The van der Waals surface area contributed by atoms with E-state index in [1.165, 1.54) is 41.4 Å². The molecule has 8 nitrogen and oxygen atoms in total. The summed E-state index contributed by atoms with van der Waals surface area (Å²) in [5.74, 6) is -1.41. The van der Waals surface area contributed by atoms with Gasteiger partial charge in [-0.1, -0.05) is 30.3 Å². The van der Waals surface area contributed by atoms with Gasteiger partial charge in [0.05, 0.1) is 30.9 Å². The van der Waals surface area contributed by atoms with Crippen molar-refractivity contribution in [1.29, 1.82) is 0 Å². The van der Waals surface area contributed by atoms with E-state index in [2.05, 4.69) is 15.5 Å². The van der Waals surface area contributed by atoms with Crippen LogP contribution in [-0.4, -0.2) is 55.2 Å². The molecule has 0 bridgehead atoms. The minimum atomic E-state index is -1.11. The third-order valence-electron chi connectivity index (χ3n) is 4.82. The van der Waals surface area contributed by atoms with Gasteiger partial charge in [-0.2, -0.15) is 4.68 Å². The van der Waals surface area contributed by atoms with Crippen molar-refractivity contribution in [3.63, 3.8) is 0 Å². The van der Waals surface area contributed by atoms with Crippen LogP contribution in [0.1, 0.15) is 30.9 Å². The molecule has 0 aliphatic heterocycles. The first kappa shape index (κ1) is 24.9. The summed E-state index contributed by atoms with van der Waals surface area (Å²) < 4.78 is 33.3. The number of carbonyl (C=O) groups is 1. The Morgan fingerprint density at radius 1 is 1.06 bits per heavy atom. The third-order valence-corrected chi connectivity index (χ3v) is 4.82. The lowest BCUT2D eigenvalue weighted by Crippen LogP contribution is -2.20. The summed E-state index contributed by atoms with van der Waals surface area (Å²) in [6, 6.07) is 11.4. The molecular weight excluding hydrogens is 446 g/mol. The molecule has 0 saturated heterocycles. The van der Waals surface area contributed by atoms with Crippen molar-refractivity contribution in [2.75, 3.05) is 6.61 Å². The van der Waals surface area contributed by atoms with Gasteiger partial charge in [-0.3, -0.25) is 4.79 Å². The molecule has 2 unspecified atom stereocenters. The highest BCUT2D eigenvalue weighted by molar-refractivity contribution is 5.96. The van der Waals surface area contributed by atoms with Crippen LogP contribution in [0.3, 0.4) is 0 Å². The fourth-order valence-electron chi connectivity index (χ4n) is 3.30. The number of halogens is 2. The van der Waals surface area contributed by atoms with Crippen LogP contribution >= 0.6 is 0 Å². The van der Waals surface area contributed by atoms with Gasteiger partial charge in [0.1, 0.15) is 18.0 Å². The first-order valence-electron chi connectivity index (χ1n) is 10.6. The molecule has 178 valence electrons. The van der Waals surface area contributed by atoms with Crippen LogP contribution in [0.15, 0.2) is 67.0 Å². The minimum Gasteiger partial charge on any atom is -0.466 e. The van der Waals surface area contributed by atoms with E-state index in [1.54, 1.807) is 37.3 Å². The Morgan fingerprint density at radius 2 is 1.65 bits per heavy atom. The zero-order chi connectivity index (χ0) is 24.5. The Bertz CT molecular complexity index is 1080. The number of rotatable bonds is 10. The van der Waals surface area contributed by atoms with Crippen molar-refractivity contribution in [3.05, 3.63) is 89.8 Å². The number of carbonyl (C=O) groups excluding carboxylic acids is 1. The number of ether oxygens (including phenoxy) is 1. The maximum Gasteiger partial charge on any atom is 0.308 e. The smallest absolute Gasteiger partial charge is 0.308 e. The van der Waals surface area contributed by atoms with E-state index < -0.39 is 29.8 Å². The number of aliphatic hydroxyl groups excluding tert-OH is 2. The highest BCUT2D eigenvalue weighted by Crippen LogP contribution is 2.30. The summed E-state index contributed by atoms with van der Waals surface area (Å²) in [5, 5.41) is 31.7. The monoisotopic (exact) mass is 470 g/mol. The Balaban J connectivity index is 2.00. The first-order valence-corrected chi connectivity index (χ1v) is 10.6. The van der Waals surface area contributed by atoms with Crippen molar-refractivity contribution in [3.8, 4) is 0 Å². The van der Waals surface area contributed by atoms with Gasteiger partial charge >= 0.3 is 5.97 Å². The highest BCUT2D eigenvalue weighted by Gasteiger charge is 2.17. The zero-order valence-corrected chi connectivity index (χ0v) is 18.4. The van der Waals surface area contributed by atoms with Crippen LogP contribution in [0.2, 0.25) is 0 Å². The van der Waals surface area contributed by atoms with E-state index in [1.807, 2.05) is 0 Å². The van der Waals surface area contributed by atoms with Gasteiger partial charge in [0.2, 0.25) is 0 Å². The predicted octanol–water partition coefficient (Wildman–Crippen LogP) is 2.99. The molecule has 0 amide bonds. The molecule has 34 heavy (non-hydrogen) atoms. The molecule has 0 fully saturated rings. The van der Waals surface area contributed by atoms with E-state index >= 15 is 0 Å². The Morgan fingerprint density at radius 3 is 2.15 bits per heavy atom. The molecule has 0 saturated carbocycles. The van der Waals surface area contributed by atoms with Crippen LogP contribution in [-0.2, 0) is 9.53 Å². The predicted molar refractivity (Wildman–Crippen MR) is 120 cm³/mol. The quantitative estimate of drug-likeness (QED) is 0.346. The SMILES string of the molecule is CCOC(=O)CC(O)CC(O)C=CC(=C(c1ccc(F)cc1)c1ccc(F)cc1)n1cnnn1. The van der Waals surface area contributed by atoms with Crippen molar-refractivity contribution < 1.29 is 28.5 Å². The second-order valence-electron chi connectivity index (χ2n) is 7.35. The summed E-state index contributed by atoms with van der Waals surface area (Å²) >= 11 is 0. The maximum atomic E-state index is 13.6. The molecule has 0 aliphatic carbocycles. The number of allylic oxidation sites excluding steroid dienone is 2. The molecule has 2 aromatic carbocycles. The molecule has 0 spiro atoms. The lowest BCUT2D eigenvalue weighted by Gasteiger charge is -2.15. The maximum absolute atomic E-state index is 13.6. The van der Waals surface area contributed by atoms with Gasteiger partial charge in [0.15, 0.2) is 0 Å². The van der Waals surface area contributed by atoms with Crippen molar-refractivity contribution in [1.82, 2.24) is 20.2 Å². The topological polar surface area (TPSA) is 110 Å². The summed E-state index contributed by atoms with van der Waals surface area (Å²) in [6.45, 7) is 1.86. The van der Waals surface area contributed by atoms with Gasteiger partial charge < -0.3 is 14.9 Å². The number of hydrogen-bond donors (Lipinski definition) is 2. The standard InChI is InChI=1S/C24H24F2N4O4/c1-2-34-23(33)14-21(32)13-20(31)11-12-22(30-15-27-28-29-30)24(16-3-7-18(25)8-4-16)17-5-9-19(26)10-6-17/h3-12,15,20-21,31-32H,2,13-14H2,1H3. The van der Waals surface area contributed by atoms with Crippen LogP contribution in [0.4, 0.5) is 8.78 Å². The van der Waals surface area contributed by atoms with Gasteiger partial charge in [0, 0.05) is 12.0 Å². The molecule has 2 atom stereocenters. The fourth-order valence-corrected chi connectivity index (χ4v) is 3.30. The van der Waals surface area contributed by atoms with Crippen molar-refractivity contribution in [2.24, 2.45) is 0 Å². The molecule has 10 heteroatoms. The van der Waals surface area contributed by atoms with E-state index in [-0.39, 0.29) is 19.4 Å². The molecule has 2 N–H and O–H groups in total. The molecular formula is C24H24F2N4O4. The first-order chi connectivity index (χ1) is 16.4. The van der Waals surface area contributed by atoms with E-state index in [0.717, 1.165) is 0 Å². The summed E-state index contributed by atoms with van der Waals surface area (Å²) in [5.41, 5.74) is 2.14. The fraction of sp³-hybridized carbons (Fsp3) is 0.250. The average molecular weight is 470 g/mol. The van der Waals surface area contributed by atoms with Gasteiger partial charge in [0.25, 0.3) is 0 Å². The zero-order valence-electron chi connectivity index (χ0n) is 18.4. The van der Waals surface area contributed by atoms with Crippen molar-refractivity contribution >= 4 is 17.2 Å². The van der Waals surface area contributed by atoms with Gasteiger partial charge in [-0.15, -0.1) is 5.10 Å². The minimum absolute atomic E-state index is 0.110. The summed E-state index contributed by atoms with van der Waals surface area (Å²) in [6.07, 6.45) is 1.73. The molecule has 1 heterocycles. The number of aromatic nitrogens is 4. The number of aliphatic hydroxyl groups is 2. The molecule has 3 rings (SSSR count). The molecule has 3 aromatic rings. The van der Waals surface area contributed by atoms with E-state index in [4.69, 9.17) is 4.74 Å². The number of hydrogen-bond acceptors (Lipinski definition) is 7. The Kier molecular flexibility index (Phi) is 8.72. The summed E-state index contributed by atoms with van der Waals surface area (Å²) in [7, 11) is 0. The second-order valence-corrected chi connectivity index (χ2v) is 7.35. The van der Waals surface area contributed by atoms with Gasteiger partial charge in [-0.25, -0.2) is 8.78 Å². The van der Waals surface area contributed by atoms with Crippen LogP contribution in [0.25, 0.3) is 11.3 Å². The number of nitrogens with zero attached hydrogens (tertiary/aromatic N) is 4. The van der Waals surface area contributed by atoms with Crippen LogP contribution in [0.5, 0.6) is 0 Å². The van der Waals surface area contributed by atoms with Crippen LogP contribution < -0.4 is 0 Å². The van der Waals surface area contributed by atoms with Gasteiger partial charge in [-0.05, 0) is 58.8 Å². The second kappa shape index (κ2) is 11.9. The lowest BCUT2D eigenvalue weighted by molar-refractivity contribution is -0.145. The number of esters is 1. The Labute approximate surface area is 194 Å². The number of benzene rings is 2. The lowest BCUT2D eigenvalue weighted by atomic mass is 9.95. The number of tetrazole rings is 1. The van der Waals surface area contributed by atoms with Crippen LogP contribution in [0, 0.1) is 11.6 Å². The normalized spacial score (nSPS) is 13.0.